The summed E-state index contributed by atoms with van der Waals surface area (Å²) in [5, 5.41) is 2.97. The molecule has 1 rings (SSSR count). The molecule has 17 heavy (non-hydrogen) atoms. The fourth-order valence-corrected chi connectivity index (χ4v) is 2.15. The van der Waals surface area contributed by atoms with Gasteiger partial charge in [0.1, 0.15) is 5.76 Å². The van der Waals surface area contributed by atoms with Crippen molar-refractivity contribution >= 4 is 10.0 Å². The molecule has 94 valence electrons. The van der Waals surface area contributed by atoms with E-state index in [1.807, 2.05) is 6.92 Å². The van der Waals surface area contributed by atoms with Crippen LogP contribution in [0.25, 0.3) is 0 Å². The van der Waals surface area contributed by atoms with Crippen LogP contribution in [0, 0.1) is 12.3 Å². The van der Waals surface area contributed by atoms with Gasteiger partial charge in [0, 0.05) is 13.0 Å². The van der Waals surface area contributed by atoms with Gasteiger partial charge in [-0.3, -0.25) is 0 Å². The van der Waals surface area contributed by atoms with Gasteiger partial charge in [0.05, 0.1) is 6.54 Å². The second kappa shape index (κ2) is 6.45. The lowest BCUT2D eigenvalue weighted by atomic mass is 10.4. The van der Waals surface area contributed by atoms with Gasteiger partial charge in [0.25, 0.3) is 10.0 Å². The molecule has 0 saturated carbocycles. The van der Waals surface area contributed by atoms with Crippen molar-refractivity contribution in [3.63, 3.8) is 0 Å². The zero-order chi connectivity index (χ0) is 12.7. The van der Waals surface area contributed by atoms with Crippen molar-refractivity contribution < 1.29 is 12.8 Å². The van der Waals surface area contributed by atoms with E-state index >= 15 is 0 Å². The summed E-state index contributed by atoms with van der Waals surface area (Å²) in [7, 11) is -3.58. The first-order valence-corrected chi connectivity index (χ1v) is 6.81. The van der Waals surface area contributed by atoms with Crippen LogP contribution in [0.4, 0.5) is 0 Å². The van der Waals surface area contributed by atoms with Gasteiger partial charge < -0.3 is 9.73 Å². The molecule has 1 aromatic rings. The Labute approximate surface area is 102 Å². The van der Waals surface area contributed by atoms with Gasteiger partial charge in [-0.2, -0.15) is 0 Å². The van der Waals surface area contributed by atoms with Crippen molar-refractivity contribution in [3.05, 3.63) is 17.9 Å². The van der Waals surface area contributed by atoms with E-state index in [9.17, 15) is 8.42 Å². The number of furan rings is 1. The molecule has 0 aromatic carbocycles. The predicted molar refractivity (Wildman–Crippen MR) is 64.7 cm³/mol. The lowest BCUT2D eigenvalue weighted by Crippen LogP contribution is -2.24. The van der Waals surface area contributed by atoms with Gasteiger partial charge in [0.15, 0.2) is 0 Å². The van der Waals surface area contributed by atoms with Gasteiger partial charge in [0.2, 0.25) is 5.09 Å². The summed E-state index contributed by atoms with van der Waals surface area (Å²) in [6.07, 6.45) is 5.39. The largest absolute Gasteiger partial charge is 0.447 e. The van der Waals surface area contributed by atoms with Crippen molar-refractivity contribution in [2.45, 2.75) is 25.0 Å². The van der Waals surface area contributed by atoms with Gasteiger partial charge in [-0.15, -0.1) is 12.3 Å². The second-order valence-electron chi connectivity index (χ2n) is 3.35. The molecule has 0 aliphatic heterocycles. The Morgan fingerprint density at radius 3 is 2.88 bits per heavy atom. The van der Waals surface area contributed by atoms with Crippen LogP contribution in [-0.4, -0.2) is 21.5 Å². The number of hydrogen-bond acceptors (Lipinski definition) is 4. The van der Waals surface area contributed by atoms with Crippen LogP contribution in [0.5, 0.6) is 0 Å². The summed E-state index contributed by atoms with van der Waals surface area (Å²) in [5.41, 5.74) is 0. The van der Waals surface area contributed by atoms with Crippen molar-refractivity contribution in [3.8, 4) is 12.3 Å². The first kappa shape index (κ1) is 13.8. The Morgan fingerprint density at radius 1 is 1.47 bits per heavy atom. The van der Waals surface area contributed by atoms with Crippen LogP contribution in [0.15, 0.2) is 21.6 Å². The highest BCUT2D eigenvalue weighted by molar-refractivity contribution is 7.89. The third-order valence-corrected chi connectivity index (χ3v) is 3.35. The van der Waals surface area contributed by atoms with Crippen molar-refractivity contribution in [1.82, 2.24) is 10.0 Å². The minimum Gasteiger partial charge on any atom is -0.447 e. The zero-order valence-corrected chi connectivity index (χ0v) is 10.5. The van der Waals surface area contributed by atoms with Crippen molar-refractivity contribution in [1.29, 1.82) is 0 Å². The Bertz CT molecular complexity index is 485. The molecular weight excluding hydrogens is 240 g/mol. The summed E-state index contributed by atoms with van der Waals surface area (Å²) < 4.78 is 31.0. The fraction of sp³-hybridized carbons (Fsp3) is 0.455. The number of terminal acetylenes is 1. The molecule has 6 heteroatoms. The van der Waals surface area contributed by atoms with Crippen LogP contribution in [-0.2, 0) is 16.6 Å². The number of rotatable bonds is 7. The van der Waals surface area contributed by atoms with E-state index in [1.54, 1.807) is 6.07 Å². The third-order valence-electron chi connectivity index (χ3n) is 2.01. The molecule has 0 saturated heterocycles. The van der Waals surface area contributed by atoms with Crippen molar-refractivity contribution in [2.24, 2.45) is 0 Å². The average molecular weight is 256 g/mol. The highest BCUT2D eigenvalue weighted by atomic mass is 32.2. The summed E-state index contributed by atoms with van der Waals surface area (Å²) in [4.78, 5) is 0. The topological polar surface area (TPSA) is 71.3 Å². The highest BCUT2D eigenvalue weighted by Crippen LogP contribution is 2.13. The maximum absolute atomic E-state index is 11.7. The van der Waals surface area contributed by atoms with E-state index in [-0.39, 0.29) is 11.6 Å². The monoisotopic (exact) mass is 256 g/mol. The molecule has 5 nitrogen and oxygen atoms in total. The first-order chi connectivity index (χ1) is 8.10. The van der Waals surface area contributed by atoms with E-state index in [0.717, 1.165) is 6.54 Å². The molecular formula is C11H16N2O3S. The quantitative estimate of drug-likeness (QED) is 0.556. The highest BCUT2D eigenvalue weighted by Gasteiger charge is 2.17. The van der Waals surface area contributed by atoms with Crippen LogP contribution in [0.3, 0.4) is 0 Å². The predicted octanol–water partition coefficient (Wildman–Crippen LogP) is 0.691. The fourth-order valence-electron chi connectivity index (χ4n) is 1.17. The molecule has 0 aliphatic carbocycles. The normalized spacial score (nSPS) is 11.3. The van der Waals surface area contributed by atoms with E-state index in [4.69, 9.17) is 10.8 Å². The standard InChI is InChI=1S/C11H16N2O3S/c1-3-5-8-13-17(14,15)11-7-6-10(16-11)9-12-4-2/h1,6-7,12-13H,4-5,8-9H2,2H3. The first-order valence-electron chi connectivity index (χ1n) is 5.32. The number of hydrogen-bond donors (Lipinski definition) is 2. The van der Waals surface area contributed by atoms with Gasteiger partial charge in [-0.05, 0) is 18.7 Å². The smallest absolute Gasteiger partial charge is 0.273 e. The SMILES string of the molecule is C#CCCNS(=O)(=O)c1ccc(CNCC)o1. The van der Waals surface area contributed by atoms with Gasteiger partial charge in [-0.25, -0.2) is 13.1 Å². The van der Waals surface area contributed by atoms with Crippen LogP contribution < -0.4 is 10.0 Å². The molecule has 2 N–H and O–H groups in total. The molecule has 0 bridgehead atoms. The van der Waals surface area contributed by atoms with E-state index in [1.165, 1.54) is 6.07 Å². The zero-order valence-electron chi connectivity index (χ0n) is 9.69. The summed E-state index contributed by atoms with van der Waals surface area (Å²) in [6, 6.07) is 3.07. The Kier molecular flexibility index (Phi) is 5.22. The van der Waals surface area contributed by atoms with Crippen LogP contribution >= 0.6 is 0 Å². The lowest BCUT2D eigenvalue weighted by Gasteiger charge is -2.01. The number of nitrogens with one attached hydrogen (secondary N) is 2. The molecule has 0 spiro atoms. The van der Waals surface area contributed by atoms with Crippen molar-refractivity contribution in [2.75, 3.05) is 13.1 Å². The Morgan fingerprint density at radius 2 is 2.24 bits per heavy atom. The van der Waals surface area contributed by atoms with E-state index in [0.29, 0.717) is 18.7 Å². The summed E-state index contributed by atoms with van der Waals surface area (Å²) in [5.74, 6) is 2.94. The molecule has 0 fully saturated rings. The summed E-state index contributed by atoms with van der Waals surface area (Å²) >= 11 is 0. The molecule has 1 heterocycles. The molecule has 0 radical (unpaired) electrons. The molecule has 0 aliphatic rings. The van der Waals surface area contributed by atoms with Crippen LogP contribution in [0.2, 0.25) is 0 Å². The van der Waals surface area contributed by atoms with Gasteiger partial charge >= 0.3 is 0 Å². The van der Waals surface area contributed by atoms with E-state index in [2.05, 4.69) is 16.0 Å². The summed E-state index contributed by atoms with van der Waals surface area (Å²) in [6.45, 7) is 3.48. The molecule has 1 aromatic heterocycles. The average Bonchev–Trinajstić information content (AvgIpc) is 2.76. The molecule has 0 unspecified atom stereocenters. The van der Waals surface area contributed by atoms with Crippen LogP contribution in [0.1, 0.15) is 19.1 Å². The third kappa shape index (κ3) is 4.23. The van der Waals surface area contributed by atoms with E-state index < -0.39 is 10.0 Å². The number of sulfonamides is 1. The second-order valence-corrected chi connectivity index (χ2v) is 5.05. The molecule has 0 amide bonds. The maximum Gasteiger partial charge on any atom is 0.273 e. The minimum absolute atomic E-state index is 0.0811. The Balaban J connectivity index is 2.65. The Hall–Kier alpha value is -1.29. The van der Waals surface area contributed by atoms with Gasteiger partial charge in [-0.1, -0.05) is 6.92 Å². The minimum atomic E-state index is -3.58. The molecule has 0 atom stereocenters. The lowest BCUT2D eigenvalue weighted by molar-refractivity contribution is 0.401. The maximum atomic E-state index is 11.7.